The van der Waals surface area contributed by atoms with E-state index in [-0.39, 0.29) is 18.4 Å². The molecule has 0 amide bonds. The predicted molar refractivity (Wildman–Crippen MR) is 83.6 cm³/mol. The Morgan fingerprint density at radius 1 is 1.19 bits per heavy atom. The zero-order valence-corrected chi connectivity index (χ0v) is 13.6. The van der Waals surface area contributed by atoms with E-state index in [2.05, 4.69) is 4.72 Å². The standard InChI is InChI=1S/C16H25NO3S/c1-12-7-8-13(2)16(9-12)21(19,20)17-10-14-5-3-4-6-15(14)11-18/h7-9,14-15,17-18H,3-6,10-11H2,1-2H3. The number of aliphatic hydroxyl groups is 1. The van der Waals surface area contributed by atoms with Crippen LogP contribution in [0.1, 0.15) is 36.8 Å². The van der Waals surface area contributed by atoms with Crippen molar-refractivity contribution in [3.05, 3.63) is 29.3 Å². The zero-order valence-electron chi connectivity index (χ0n) is 12.8. The van der Waals surface area contributed by atoms with Crippen molar-refractivity contribution in [1.29, 1.82) is 0 Å². The van der Waals surface area contributed by atoms with Crippen molar-refractivity contribution >= 4 is 10.0 Å². The highest BCUT2D eigenvalue weighted by Gasteiger charge is 2.26. The molecule has 2 unspecified atom stereocenters. The van der Waals surface area contributed by atoms with E-state index in [4.69, 9.17) is 0 Å². The van der Waals surface area contributed by atoms with Crippen LogP contribution in [0.2, 0.25) is 0 Å². The maximum atomic E-state index is 12.5. The summed E-state index contributed by atoms with van der Waals surface area (Å²) in [6.07, 6.45) is 4.23. The monoisotopic (exact) mass is 311 g/mol. The molecule has 2 rings (SSSR count). The van der Waals surface area contributed by atoms with E-state index < -0.39 is 10.0 Å². The van der Waals surface area contributed by atoms with E-state index in [1.165, 1.54) is 0 Å². The lowest BCUT2D eigenvalue weighted by molar-refractivity contribution is 0.136. The Morgan fingerprint density at radius 3 is 2.52 bits per heavy atom. The lowest BCUT2D eigenvalue weighted by Gasteiger charge is -2.30. The fraction of sp³-hybridized carbons (Fsp3) is 0.625. The summed E-state index contributed by atoms with van der Waals surface area (Å²) in [6.45, 7) is 4.27. The van der Waals surface area contributed by atoms with Crippen molar-refractivity contribution < 1.29 is 13.5 Å². The van der Waals surface area contributed by atoms with Gasteiger partial charge in [0, 0.05) is 13.2 Å². The fourth-order valence-corrected chi connectivity index (χ4v) is 4.51. The predicted octanol–water partition coefficient (Wildman–Crippen LogP) is 2.38. The van der Waals surface area contributed by atoms with E-state index in [9.17, 15) is 13.5 Å². The first kappa shape index (κ1) is 16.5. The number of sulfonamides is 1. The van der Waals surface area contributed by atoms with Crippen LogP contribution in [0.4, 0.5) is 0 Å². The van der Waals surface area contributed by atoms with Crippen LogP contribution in [0.25, 0.3) is 0 Å². The molecule has 2 atom stereocenters. The largest absolute Gasteiger partial charge is 0.396 e. The Bertz CT molecular complexity index is 583. The molecule has 118 valence electrons. The summed E-state index contributed by atoms with van der Waals surface area (Å²) < 4.78 is 27.7. The Balaban J connectivity index is 2.09. The first-order valence-corrected chi connectivity index (χ1v) is 9.10. The van der Waals surface area contributed by atoms with E-state index in [1.54, 1.807) is 6.07 Å². The average molecular weight is 311 g/mol. The highest BCUT2D eigenvalue weighted by atomic mass is 32.2. The van der Waals surface area contributed by atoms with E-state index >= 15 is 0 Å². The van der Waals surface area contributed by atoms with Crippen LogP contribution in [-0.2, 0) is 10.0 Å². The molecule has 0 radical (unpaired) electrons. The molecule has 0 saturated heterocycles. The second kappa shape index (κ2) is 6.90. The maximum Gasteiger partial charge on any atom is 0.240 e. The molecule has 0 heterocycles. The first-order chi connectivity index (χ1) is 9.94. The van der Waals surface area contributed by atoms with Crippen molar-refractivity contribution in [2.24, 2.45) is 11.8 Å². The number of nitrogens with one attached hydrogen (secondary N) is 1. The molecule has 0 aliphatic heterocycles. The van der Waals surface area contributed by atoms with Gasteiger partial charge < -0.3 is 5.11 Å². The highest BCUT2D eigenvalue weighted by molar-refractivity contribution is 7.89. The summed E-state index contributed by atoms with van der Waals surface area (Å²) in [6, 6.07) is 5.46. The van der Waals surface area contributed by atoms with Gasteiger partial charge in [0.05, 0.1) is 4.90 Å². The molecule has 1 aromatic carbocycles. The first-order valence-electron chi connectivity index (χ1n) is 7.62. The maximum absolute atomic E-state index is 12.5. The number of benzene rings is 1. The van der Waals surface area contributed by atoms with Gasteiger partial charge in [0.1, 0.15) is 0 Å². The van der Waals surface area contributed by atoms with Gasteiger partial charge in [-0.25, -0.2) is 13.1 Å². The smallest absolute Gasteiger partial charge is 0.240 e. The SMILES string of the molecule is Cc1ccc(C)c(S(=O)(=O)NCC2CCCCC2CO)c1. The summed E-state index contributed by atoms with van der Waals surface area (Å²) in [4.78, 5) is 0.360. The Morgan fingerprint density at radius 2 is 1.86 bits per heavy atom. The van der Waals surface area contributed by atoms with Gasteiger partial charge in [0.15, 0.2) is 0 Å². The summed E-state index contributed by atoms with van der Waals surface area (Å²) in [7, 11) is -3.48. The van der Waals surface area contributed by atoms with Crippen LogP contribution >= 0.6 is 0 Å². The van der Waals surface area contributed by atoms with Crippen LogP contribution in [0, 0.1) is 25.7 Å². The molecule has 1 aliphatic rings. The van der Waals surface area contributed by atoms with E-state index in [0.29, 0.717) is 11.4 Å². The van der Waals surface area contributed by atoms with Gasteiger partial charge in [0.2, 0.25) is 10.0 Å². The van der Waals surface area contributed by atoms with Crippen molar-refractivity contribution in [2.75, 3.05) is 13.2 Å². The molecule has 1 fully saturated rings. The summed E-state index contributed by atoms with van der Waals surface area (Å²) in [5.41, 5.74) is 1.70. The van der Waals surface area contributed by atoms with Crippen molar-refractivity contribution in [1.82, 2.24) is 4.72 Å². The zero-order chi connectivity index (χ0) is 15.5. The Kier molecular flexibility index (Phi) is 5.41. The molecule has 1 aromatic rings. The normalized spacial score (nSPS) is 23.2. The van der Waals surface area contributed by atoms with Crippen LogP contribution in [0.3, 0.4) is 0 Å². The van der Waals surface area contributed by atoms with Crippen LogP contribution < -0.4 is 4.72 Å². The van der Waals surface area contributed by atoms with E-state index in [1.807, 2.05) is 26.0 Å². The van der Waals surface area contributed by atoms with Gasteiger partial charge in [-0.2, -0.15) is 0 Å². The average Bonchev–Trinajstić information content (AvgIpc) is 2.48. The number of aliphatic hydroxyl groups excluding tert-OH is 1. The van der Waals surface area contributed by atoms with Crippen molar-refractivity contribution in [2.45, 2.75) is 44.4 Å². The van der Waals surface area contributed by atoms with Gasteiger partial charge in [-0.05, 0) is 55.7 Å². The van der Waals surface area contributed by atoms with Crippen molar-refractivity contribution in [3.8, 4) is 0 Å². The minimum absolute atomic E-state index is 0.149. The minimum atomic E-state index is -3.48. The topological polar surface area (TPSA) is 66.4 Å². The van der Waals surface area contributed by atoms with Gasteiger partial charge >= 0.3 is 0 Å². The molecule has 21 heavy (non-hydrogen) atoms. The summed E-state index contributed by atoms with van der Waals surface area (Å²) in [5.74, 6) is 0.462. The number of hydrogen-bond donors (Lipinski definition) is 2. The molecule has 0 bridgehead atoms. The van der Waals surface area contributed by atoms with Gasteiger partial charge in [0.25, 0.3) is 0 Å². The molecular formula is C16H25NO3S. The highest BCUT2D eigenvalue weighted by Crippen LogP contribution is 2.29. The lowest BCUT2D eigenvalue weighted by atomic mass is 9.80. The molecule has 2 N–H and O–H groups in total. The van der Waals surface area contributed by atoms with E-state index in [0.717, 1.165) is 36.8 Å². The number of aryl methyl sites for hydroxylation is 2. The second-order valence-corrected chi connectivity index (χ2v) is 7.84. The third kappa shape index (κ3) is 4.05. The summed E-state index contributed by atoms with van der Waals surface area (Å²) >= 11 is 0. The Hall–Kier alpha value is -0.910. The third-order valence-corrected chi connectivity index (χ3v) is 6.04. The number of hydrogen-bond acceptors (Lipinski definition) is 3. The van der Waals surface area contributed by atoms with Crippen LogP contribution in [0.15, 0.2) is 23.1 Å². The molecule has 1 aliphatic carbocycles. The molecular weight excluding hydrogens is 286 g/mol. The molecule has 5 heteroatoms. The van der Waals surface area contributed by atoms with Gasteiger partial charge in [-0.15, -0.1) is 0 Å². The van der Waals surface area contributed by atoms with Gasteiger partial charge in [-0.3, -0.25) is 0 Å². The van der Waals surface area contributed by atoms with Crippen LogP contribution in [-0.4, -0.2) is 26.7 Å². The molecule has 0 spiro atoms. The number of rotatable bonds is 5. The molecule has 0 aromatic heterocycles. The molecule has 4 nitrogen and oxygen atoms in total. The van der Waals surface area contributed by atoms with Gasteiger partial charge in [-0.1, -0.05) is 25.0 Å². The van der Waals surface area contributed by atoms with Crippen molar-refractivity contribution in [3.63, 3.8) is 0 Å². The second-order valence-electron chi connectivity index (χ2n) is 6.11. The lowest BCUT2D eigenvalue weighted by Crippen LogP contribution is -2.35. The summed E-state index contributed by atoms with van der Waals surface area (Å²) in [5, 5.41) is 9.41. The third-order valence-electron chi connectivity index (χ3n) is 4.47. The fourth-order valence-electron chi connectivity index (χ4n) is 3.08. The minimum Gasteiger partial charge on any atom is -0.396 e. The Labute approximate surface area is 127 Å². The molecule has 1 saturated carbocycles. The quantitative estimate of drug-likeness (QED) is 0.877. The van der Waals surface area contributed by atoms with Crippen LogP contribution in [0.5, 0.6) is 0 Å².